The number of hydrogen-bond acceptors (Lipinski definition) is 4. The van der Waals surface area contributed by atoms with Crippen LogP contribution < -0.4 is 5.32 Å². The Bertz CT molecular complexity index is 820. The number of benzene rings is 2. The van der Waals surface area contributed by atoms with E-state index >= 15 is 0 Å². The summed E-state index contributed by atoms with van der Waals surface area (Å²) in [5.41, 5.74) is 3.78. The number of piperidine rings is 1. The third-order valence-corrected chi connectivity index (χ3v) is 6.11. The Hall–Kier alpha value is -1.91. The second-order valence-corrected chi connectivity index (χ2v) is 7.94. The van der Waals surface area contributed by atoms with Crippen molar-refractivity contribution >= 4 is 27.2 Å². The molecule has 2 aromatic carbocycles. The van der Waals surface area contributed by atoms with Gasteiger partial charge in [0.2, 0.25) is 0 Å². The minimum Gasteiger partial charge on any atom is -0.382 e. The third kappa shape index (κ3) is 4.02. The van der Waals surface area contributed by atoms with Crippen molar-refractivity contribution in [2.24, 2.45) is 0 Å². The number of fused-ring (bicyclic) bond motifs is 1. The van der Waals surface area contributed by atoms with Crippen molar-refractivity contribution in [3.8, 4) is 0 Å². The molecule has 0 bridgehead atoms. The Morgan fingerprint density at radius 2 is 1.92 bits per heavy atom. The van der Waals surface area contributed by atoms with Crippen LogP contribution in [0.2, 0.25) is 0 Å². The number of aryl methyl sites for hydroxylation is 1. The second-order valence-electron chi connectivity index (χ2n) is 6.82. The number of nitrogens with zero attached hydrogens (tertiary/aromatic N) is 2. The first-order valence-corrected chi connectivity index (χ1v) is 10.0. The summed E-state index contributed by atoms with van der Waals surface area (Å²) in [7, 11) is 0. The number of aromatic nitrogens is 1. The van der Waals surface area contributed by atoms with E-state index in [4.69, 9.17) is 0 Å². The summed E-state index contributed by atoms with van der Waals surface area (Å²) in [6, 6.07) is 18.0. The molecule has 1 saturated heterocycles. The highest BCUT2D eigenvalue weighted by atomic mass is 32.1. The molecule has 2 heterocycles. The van der Waals surface area contributed by atoms with Gasteiger partial charge in [-0.05, 0) is 43.0 Å². The molecule has 4 rings (SSSR count). The van der Waals surface area contributed by atoms with Gasteiger partial charge < -0.3 is 5.32 Å². The van der Waals surface area contributed by atoms with E-state index in [9.17, 15) is 0 Å². The topological polar surface area (TPSA) is 28.2 Å². The number of nitrogens with one attached hydrogen (secondary N) is 1. The number of rotatable bonds is 5. The first-order chi connectivity index (χ1) is 12.3. The van der Waals surface area contributed by atoms with E-state index in [1.165, 1.54) is 33.8 Å². The molecule has 1 aliphatic rings. The van der Waals surface area contributed by atoms with E-state index < -0.39 is 0 Å². The van der Waals surface area contributed by atoms with Gasteiger partial charge in [-0.15, -0.1) is 11.3 Å². The maximum atomic E-state index is 4.65. The summed E-state index contributed by atoms with van der Waals surface area (Å²) in [5, 5.41) is 4.96. The molecule has 0 atom stereocenters. The first-order valence-electron chi connectivity index (χ1n) is 9.22. The van der Waals surface area contributed by atoms with Gasteiger partial charge >= 0.3 is 0 Å². The van der Waals surface area contributed by atoms with E-state index in [1.54, 1.807) is 0 Å². The summed E-state index contributed by atoms with van der Waals surface area (Å²) in [6.07, 6.45) is 3.42. The van der Waals surface area contributed by atoms with Crippen LogP contribution in [-0.4, -0.2) is 29.0 Å². The molecule has 1 aliphatic heterocycles. The van der Waals surface area contributed by atoms with Crippen molar-refractivity contribution in [2.75, 3.05) is 18.4 Å². The predicted molar refractivity (Wildman–Crippen MR) is 107 cm³/mol. The Kier molecular flexibility index (Phi) is 4.99. The lowest BCUT2D eigenvalue weighted by Crippen LogP contribution is -2.38. The molecular weight excluding hydrogens is 326 g/mol. The normalized spacial score (nSPS) is 16.4. The summed E-state index contributed by atoms with van der Waals surface area (Å²) >= 11 is 1.82. The van der Waals surface area contributed by atoms with Crippen LogP contribution in [-0.2, 0) is 13.0 Å². The van der Waals surface area contributed by atoms with Crippen LogP contribution in [0.25, 0.3) is 10.2 Å². The molecule has 3 nitrogen and oxygen atoms in total. The second kappa shape index (κ2) is 7.54. The lowest BCUT2D eigenvalue weighted by atomic mass is 10.0. The molecule has 130 valence electrons. The van der Waals surface area contributed by atoms with Gasteiger partial charge in [0, 0.05) is 31.4 Å². The minimum absolute atomic E-state index is 0.572. The van der Waals surface area contributed by atoms with Crippen LogP contribution in [0.1, 0.15) is 30.3 Å². The van der Waals surface area contributed by atoms with E-state index in [-0.39, 0.29) is 0 Å². The van der Waals surface area contributed by atoms with Crippen LogP contribution in [0.15, 0.2) is 48.5 Å². The molecular formula is C21H25N3S. The zero-order valence-electron chi connectivity index (χ0n) is 14.7. The van der Waals surface area contributed by atoms with Gasteiger partial charge in [0.05, 0.1) is 15.2 Å². The largest absolute Gasteiger partial charge is 0.382 e. The average Bonchev–Trinajstić information content (AvgIpc) is 3.07. The maximum absolute atomic E-state index is 4.65. The van der Waals surface area contributed by atoms with E-state index in [1.807, 2.05) is 11.3 Å². The highest BCUT2D eigenvalue weighted by Gasteiger charge is 2.19. The van der Waals surface area contributed by atoms with Crippen molar-refractivity contribution < 1.29 is 0 Å². The predicted octanol–water partition coefficient (Wildman–Crippen LogP) is 4.94. The Morgan fingerprint density at radius 1 is 1.12 bits per heavy atom. The fraction of sp³-hybridized carbons (Fsp3) is 0.381. The Morgan fingerprint density at radius 3 is 2.68 bits per heavy atom. The molecule has 1 fully saturated rings. The van der Waals surface area contributed by atoms with Crippen LogP contribution >= 0.6 is 11.3 Å². The van der Waals surface area contributed by atoms with Crippen molar-refractivity contribution in [1.82, 2.24) is 9.88 Å². The number of anilines is 1. The summed E-state index contributed by atoms with van der Waals surface area (Å²) in [6.45, 7) is 5.56. The summed E-state index contributed by atoms with van der Waals surface area (Å²) in [5.74, 6) is 0. The van der Waals surface area contributed by atoms with E-state index in [2.05, 4.69) is 70.7 Å². The highest BCUT2D eigenvalue weighted by molar-refractivity contribution is 7.18. The fourth-order valence-corrected chi connectivity index (χ4v) is 4.47. The lowest BCUT2D eigenvalue weighted by molar-refractivity contribution is 0.211. The van der Waals surface area contributed by atoms with E-state index in [0.29, 0.717) is 6.04 Å². The zero-order chi connectivity index (χ0) is 17.1. The summed E-state index contributed by atoms with van der Waals surface area (Å²) < 4.78 is 1.29. The van der Waals surface area contributed by atoms with Gasteiger partial charge in [0.15, 0.2) is 0 Å². The molecule has 0 aliphatic carbocycles. The van der Waals surface area contributed by atoms with Crippen LogP contribution in [0.3, 0.4) is 0 Å². The monoisotopic (exact) mass is 351 g/mol. The fourth-order valence-electron chi connectivity index (χ4n) is 3.53. The minimum atomic E-state index is 0.572. The molecule has 0 amide bonds. The summed E-state index contributed by atoms with van der Waals surface area (Å²) in [4.78, 5) is 7.22. The highest BCUT2D eigenvalue weighted by Crippen LogP contribution is 2.27. The van der Waals surface area contributed by atoms with E-state index in [0.717, 1.165) is 31.6 Å². The van der Waals surface area contributed by atoms with Crippen molar-refractivity contribution in [3.63, 3.8) is 0 Å². The van der Waals surface area contributed by atoms with Gasteiger partial charge in [0.25, 0.3) is 0 Å². The molecule has 0 radical (unpaired) electrons. The Labute approximate surface area is 153 Å². The van der Waals surface area contributed by atoms with Crippen LogP contribution in [0, 0.1) is 0 Å². The maximum Gasteiger partial charge on any atom is 0.0935 e. The van der Waals surface area contributed by atoms with Gasteiger partial charge in [-0.1, -0.05) is 37.3 Å². The van der Waals surface area contributed by atoms with Gasteiger partial charge in [-0.2, -0.15) is 0 Å². The van der Waals surface area contributed by atoms with Crippen molar-refractivity contribution in [2.45, 2.75) is 38.8 Å². The van der Waals surface area contributed by atoms with Gasteiger partial charge in [-0.25, -0.2) is 4.98 Å². The standard InChI is InChI=1S/C21H25N3S/c1-2-21-23-19-9-8-18(14-20(19)25-21)22-17-10-12-24(13-11-17)15-16-6-4-3-5-7-16/h3-9,14,17,22H,2,10-13,15H2,1H3. The third-order valence-electron chi connectivity index (χ3n) is 4.94. The molecule has 3 aromatic rings. The molecule has 4 heteroatoms. The Balaban J connectivity index is 1.33. The molecule has 0 unspecified atom stereocenters. The average molecular weight is 352 g/mol. The van der Waals surface area contributed by atoms with Crippen LogP contribution in [0.4, 0.5) is 5.69 Å². The number of thiazole rings is 1. The lowest BCUT2D eigenvalue weighted by Gasteiger charge is -2.32. The number of likely N-dealkylation sites (tertiary alicyclic amines) is 1. The smallest absolute Gasteiger partial charge is 0.0935 e. The molecule has 1 N–H and O–H groups in total. The quantitative estimate of drug-likeness (QED) is 0.706. The van der Waals surface area contributed by atoms with Gasteiger partial charge in [-0.3, -0.25) is 4.90 Å². The van der Waals surface area contributed by atoms with Crippen molar-refractivity contribution in [1.29, 1.82) is 0 Å². The van der Waals surface area contributed by atoms with Crippen LogP contribution in [0.5, 0.6) is 0 Å². The molecule has 25 heavy (non-hydrogen) atoms. The first kappa shape index (κ1) is 16.6. The van der Waals surface area contributed by atoms with Crippen molar-refractivity contribution in [3.05, 3.63) is 59.1 Å². The molecule has 0 spiro atoms. The molecule has 0 saturated carbocycles. The molecule has 1 aromatic heterocycles. The SMILES string of the molecule is CCc1nc2ccc(NC3CCN(Cc4ccccc4)CC3)cc2s1. The number of hydrogen-bond donors (Lipinski definition) is 1. The van der Waals surface area contributed by atoms with Gasteiger partial charge in [0.1, 0.15) is 0 Å². The zero-order valence-corrected chi connectivity index (χ0v) is 15.6.